The van der Waals surface area contributed by atoms with Gasteiger partial charge in [0.15, 0.2) is 6.61 Å². The first-order valence-corrected chi connectivity index (χ1v) is 6.48. The van der Waals surface area contributed by atoms with Gasteiger partial charge in [0.1, 0.15) is 17.4 Å². The molecule has 0 spiro atoms. The number of halogens is 2. The minimum absolute atomic E-state index is 0.213. The Bertz CT molecular complexity index is 614. The number of nitrogens with one attached hydrogen (secondary N) is 1. The van der Waals surface area contributed by atoms with Gasteiger partial charge < -0.3 is 10.1 Å². The molecule has 110 valence electrons. The van der Waals surface area contributed by atoms with Gasteiger partial charge in [0.05, 0.1) is 6.04 Å². The van der Waals surface area contributed by atoms with Crippen LogP contribution in [-0.2, 0) is 4.79 Å². The zero-order valence-corrected chi connectivity index (χ0v) is 11.5. The van der Waals surface area contributed by atoms with Crippen molar-refractivity contribution in [1.29, 1.82) is 0 Å². The molecule has 0 aliphatic rings. The average Bonchev–Trinajstić information content (AvgIpc) is 2.46. The van der Waals surface area contributed by atoms with Crippen LogP contribution in [-0.4, -0.2) is 12.5 Å². The second-order valence-corrected chi connectivity index (χ2v) is 4.59. The van der Waals surface area contributed by atoms with Crippen molar-refractivity contribution in [1.82, 2.24) is 5.32 Å². The van der Waals surface area contributed by atoms with E-state index < -0.39 is 5.82 Å². The highest BCUT2D eigenvalue weighted by molar-refractivity contribution is 5.78. The zero-order valence-electron chi connectivity index (χ0n) is 11.5. The number of benzene rings is 2. The van der Waals surface area contributed by atoms with Crippen LogP contribution in [0.2, 0.25) is 0 Å². The van der Waals surface area contributed by atoms with Gasteiger partial charge in [0, 0.05) is 6.07 Å². The standard InChI is InChI=1S/C16H15F2NO2/c1-11(12-5-7-13(17)8-6-12)19-16(20)10-21-15-4-2-3-14(18)9-15/h2-9,11H,10H2,1H3,(H,19,20). The third kappa shape index (κ3) is 4.56. The third-order valence-corrected chi connectivity index (χ3v) is 2.91. The minimum Gasteiger partial charge on any atom is -0.484 e. The molecule has 0 saturated heterocycles. The van der Waals surface area contributed by atoms with E-state index in [1.54, 1.807) is 25.1 Å². The van der Waals surface area contributed by atoms with Crippen LogP contribution < -0.4 is 10.1 Å². The number of ether oxygens (including phenoxy) is 1. The molecule has 2 aromatic rings. The fourth-order valence-corrected chi connectivity index (χ4v) is 1.82. The summed E-state index contributed by atoms with van der Waals surface area (Å²) in [5, 5.41) is 2.72. The fraction of sp³-hybridized carbons (Fsp3) is 0.188. The molecule has 0 bridgehead atoms. The molecule has 0 aliphatic heterocycles. The Morgan fingerprint density at radius 2 is 1.86 bits per heavy atom. The number of hydrogen-bond acceptors (Lipinski definition) is 2. The predicted octanol–water partition coefficient (Wildman–Crippen LogP) is 3.22. The van der Waals surface area contributed by atoms with Crippen LogP contribution in [0.4, 0.5) is 8.78 Å². The second kappa shape index (κ2) is 6.83. The molecule has 0 heterocycles. The summed E-state index contributed by atoms with van der Waals surface area (Å²) >= 11 is 0. The van der Waals surface area contributed by atoms with Crippen molar-refractivity contribution >= 4 is 5.91 Å². The Balaban J connectivity index is 1.85. The molecular formula is C16H15F2NO2. The van der Waals surface area contributed by atoms with E-state index in [0.29, 0.717) is 5.75 Å². The summed E-state index contributed by atoms with van der Waals surface area (Å²) in [7, 11) is 0. The lowest BCUT2D eigenvalue weighted by Crippen LogP contribution is -2.31. The fourth-order valence-electron chi connectivity index (χ4n) is 1.82. The normalized spacial score (nSPS) is 11.8. The molecule has 1 atom stereocenters. The molecule has 1 N–H and O–H groups in total. The van der Waals surface area contributed by atoms with Crippen LogP contribution in [0.25, 0.3) is 0 Å². The number of amides is 1. The molecule has 2 aromatic carbocycles. The number of rotatable bonds is 5. The SMILES string of the molecule is CC(NC(=O)COc1cccc(F)c1)c1ccc(F)cc1. The average molecular weight is 291 g/mol. The first-order chi connectivity index (χ1) is 10.0. The first kappa shape index (κ1) is 15.0. The summed E-state index contributed by atoms with van der Waals surface area (Å²) in [4.78, 5) is 11.7. The maximum absolute atomic E-state index is 12.9. The molecule has 1 amide bonds. The van der Waals surface area contributed by atoms with E-state index in [9.17, 15) is 13.6 Å². The largest absolute Gasteiger partial charge is 0.484 e. The lowest BCUT2D eigenvalue weighted by Gasteiger charge is -2.14. The molecule has 0 fully saturated rings. The van der Waals surface area contributed by atoms with Gasteiger partial charge in [-0.05, 0) is 36.8 Å². The monoisotopic (exact) mass is 291 g/mol. The summed E-state index contributed by atoms with van der Waals surface area (Å²) in [6.45, 7) is 1.57. The molecule has 2 rings (SSSR count). The maximum Gasteiger partial charge on any atom is 0.258 e. The molecule has 0 aliphatic carbocycles. The summed E-state index contributed by atoms with van der Waals surface area (Å²) in [6, 6.07) is 11.2. The van der Waals surface area contributed by atoms with E-state index in [0.717, 1.165) is 5.56 Å². The van der Waals surface area contributed by atoms with Gasteiger partial charge in [-0.2, -0.15) is 0 Å². The van der Waals surface area contributed by atoms with Crippen LogP contribution in [0.3, 0.4) is 0 Å². The van der Waals surface area contributed by atoms with Gasteiger partial charge in [-0.25, -0.2) is 8.78 Å². The Kier molecular flexibility index (Phi) is 4.87. The van der Waals surface area contributed by atoms with Gasteiger partial charge in [-0.1, -0.05) is 18.2 Å². The third-order valence-electron chi connectivity index (χ3n) is 2.91. The van der Waals surface area contributed by atoms with Gasteiger partial charge in [0.25, 0.3) is 5.91 Å². The van der Waals surface area contributed by atoms with E-state index in [2.05, 4.69) is 5.32 Å². The lowest BCUT2D eigenvalue weighted by molar-refractivity contribution is -0.123. The number of hydrogen-bond donors (Lipinski definition) is 1. The van der Waals surface area contributed by atoms with E-state index in [1.807, 2.05) is 0 Å². The van der Waals surface area contributed by atoms with E-state index in [4.69, 9.17) is 4.74 Å². The quantitative estimate of drug-likeness (QED) is 0.918. The highest BCUT2D eigenvalue weighted by Crippen LogP contribution is 2.14. The molecule has 0 radical (unpaired) electrons. The molecule has 1 unspecified atom stereocenters. The van der Waals surface area contributed by atoms with Crippen molar-refractivity contribution in [2.45, 2.75) is 13.0 Å². The van der Waals surface area contributed by atoms with Crippen LogP contribution in [0, 0.1) is 11.6 Å². The van der Waals surface area contributed by atoms with Crippen molar-refractivity contribution in [2.24, 2.45) is 0 Å². The number of carbonyl (C=O) groups is 1. The Labute approximate surface area is 121 Å². The van der Waals surface area contributed by atoms with Crippen molar-refractivity contribution < 1.29 is 18.3 Å². The first-order valence-electron chi connectivity index (χ1n) is 6.48. The highest BCUT2D eigenvalue weighted by atomic mass is 19.1. The smallest absolute Gasteiger partial charge is 0.258 e. The van der Waals surface area contributed by atoms with Crippen LogP contribution in [0.5, 0.6) is 5.75 Å². The minimum atomic E-state index is -0.424. The maximum atomic E-state index is 12.9. The summed E-state index contributed by atoms with van der Waals surface area (Å²) in [5.74, 6) is -0.796. The molecule has 21 heavy (non-hydrogen) atoms. The zero-order chi connectivity index (χ0) is 15.2. The van der Waals surface area contributed by atoms with E-state index in [1.165, 1.54) is 30.3 Å². The highest BCUT2D eigenvalue weighted by Gasteiger charge is 2.10. The van der Waals surface area contributed by atoms with Crippen molar-refractivity contribution in [3.05, 3.63) is 65.7 Å². The molecular weight excluding hydrogens is 276 g/mol. The van der Waals surface area contributed by atoms with Crippen LogP contribution in [0.1, 0.15) is 18.5 Å². The number of carbonyl (C=O) groups excluding carboxylic acids is 1. The molecule has 0 aromatic heterocycles. The van der Waals surface area contributed by atoms with Crippen LogP contribution >= 0.6 is 0 Å². The van der Waals surface area contributed by atoms with Gasteiger partial charge in [-0.3, -0.25) is 4.79 Å². The summed E-state index contributed by atoms with van der Waals surface area (Å²) in [6.07, 6.45) is 0. The topological polar surface area (TPSA) is 38.3 Å². The molecule has 5 heteroatoms. The van der Waals surface area contributed by atoms with Crippen LogP contribution in [0.15, 0.2) is 48.5 Å². The van der Waals surface area contributed by atoms with Crippen molar-refractivity contribution in [2.75, 3.05) is 6.61 Å². The molecule has 3 nitrogen and oxygen atoms in total. The van der Waals surface area contributed by atoms with Gasteiger partial charge >= 0.3 is 0 Å². The Morgan fingerprint density at radius 3 is 2.52 bits per heavy atom. The van der Waals surface area contributed by atoms with Gasteiger partial charge in [0.2, 0.25) is 0 Å². The van der Waals surface area contributed by atoms with Crippen molar-refractivity contribution in [3.8, 4) is 5.75 Å². The van der Waals surface area contributed by atoms with E-state index in [-0.39, 0.29) is 24.4 Å². The van der Waals surface area contributed by atoms with E-state index >= 15 is 0 Å². The summed E-state index contributed by atoms with van der Waals surface area (Å²) < 4.78 is 31.0. The lowest BCUT2D eigenvalue weighted by atomic mass is 10.1. The molecule has 0 saturated carbocycles. The summed E-state index contributed by atoms with van der Waals surface area (Å²) in [5.41, 5.74) is 0.788. The van der Waals surface area contributed by atoms with Crippen molar-refractivity contribution in [3.63, 3.8) is 0 Å². The second-order valence-electron chi connectivity index (χ2n) is 4.59. The Morgan fingerprint density at radius 1 is 1.14 bits per heavy atom. The van der Waals surface area contributed by atoms with Gasteiger partial charge in [-0.15, -0.1) is 0 Å². The Hall–Kier alpha value is -2.43. The predicted molar refractivity (Wildman–Crippen MR) is 74.9 cm³/mol.